The first kappa shape index (κ1) is 8.72. The summed E-state index contributed by atoms with van der Waals surface area (Å²) in [5, 5.41) is 0. The summed E-state index contributed by atoms with van der Waals surface area (Å²) in [6.07, 6.45) is -5.79. The molecule has 0 amide bonds. The minimum Gasteiger partial charge on any atom is -0.211 e. The Morgan fingerprint density at radius 3 is 1.33 bits per heavy atom. The van der Waals surface area contributed by atoms with Gasteiger partial charge in [0.2, 0.25) is 12.9 Å². The standard InChI is InChI=1S/C5H8F4/c6-4(7)2-1-3-5(8)9/h4-5H,1-3H2. The molecule has 0 N–H and O–H groups in total. The third-order valence-corrected chi connectivity index (χ3v) is 0.845. The fraction of sp³-hybridized carbons (Fsp3) is 1.00. The zero-order valence-electron chi connectivity index (χ0n) is 4.79. The minimum absolute atomic E-state index is 0.0880. The van der Waals surface area contributed by atoms with E-state index in [1.165, 1.54) is 0 Å². The van der Waals surface area contributed by atoms with E-state index in [1.807, 2.05) is 0 Å². The molecule has 0 aliphatic rings. The van der Waals surface area contributed by atoms with E-state index in [0.29, 0.717) is 0 Å². The lowest BCUT2D eigenvalue weighted by molar-refractivity contribution is 0.105. The maximum absolute atomic E-state index is 11.2. The van der Waals surface area contributed by atoms with Gasteiger partial charge in [0.15, 0.2) is 0 Å². The number of hydrogen-bond acceptors (Lipinski definition) is 0. The molecular formula is C5H8F4. The molecule has 4 heteroatoms. The average molecular weight is 144 g/mol. The summed E-state index contributed by atoms with van der Waals surface area (Å²) in [4.78, 5) is 0. The molecule has 0 spiro atoms. The Morgan fingerprint density at radius 2 is 1.11 bits per heavy atom. The topological polar surface area (TPSA) is 0 Å². The summed E-state index contributed by atoms with van der Waals surface area (Å²) < 4.78 is 45.0. The molecule has 0 radical (unpaired) electrons. The van der Waals surface area contributed by atoms with Crippen molar-refractivity contribution in [1.82, 2.24) is 0 Å². The molecule has 0 aliphatic carbocycles. The predicted molar refractivity (Wildman–Crippen MR) is 25.9 cm³/mol. The van der Waals surface area contributed by atoms with E-state index in [0.717, 1.165) is 0 Å². The van der Waals surface area contributed by atoms with Crippen LogP contribution in [0.25, 0.3) is 0 Å². The molecule has 56 valence electrons. The lowest BCUT2D eigenvalue weighted by Gasteiger charge is -1.97. The van der Waals surface area contributed by atoms with Crippen LogP contribution in [0.3, 0.4) is 0 Å². The van der Waals surface area contributed by atoms with E-state index in [9.17, 15) is 17.6 Å². The van der Waals surface area contributed by atoms with Gasteiger partial charge in [-0.2, -0.15) is 0 Å². The molecule has 0 heterocycles. The summed E-state index contributed by atoms with van der Waals surface area (Å²) in [5.74, 6) is 0. The maximum Gasteiger partial charge on any atom is 0.238 e. The van der Waals surface area contributed by atoms with Crippen molar-refractivity contribution < 1.29 is 17.6 Å². The van der Waals surface area contributed by atoms with Crippen molar-refractivity contribution in [3.05, 3.63) is 0 Å². The van der Waals surface area contributed by atoms with Crippen molar-refractivity contribution >= 4 is 0 Å². The number of halogens is 4. The molecule has 0 saturated carbocycles. The van der Waals surface area contributed by atoms with Gasteiger partial charge in [-0.25, -0.2) is 17.6 Å². The van der Waals surface area contributed by atoms with Gasteiger partial charge in [-0.05, 0) is 6.42 Å². The Hall–Kier alpha value is -0.280. The van der Waals surface area contributed by atoms with Crippen LogP contribution in [0.4, 0.5) is 17.6 Å². The van der Waals surface area contributed by atoms with Crippen molar-refractivity contribution in [1.29, 1.82) is 0 Å². The molecule has 0 atom stereocenters. The second kappa shape index (κ2) is 4.58. The van der Waals surface area contributed by atoms with Crippen LogP contribution >= 0.6 is 0 Å². The van der Waals surface area contributed by atoms with Crippen LogP contribution in [-0.4, -0.2) is 12.9 Å². The van der Waals surface area contributed by atoms with Crippen LogP contribution in [0, 0.1) is 0 Å². The molecule has 9 heavy (non-hydrogen) atoms. The van der Waals surface area contributed by atoms with Crippen LogP contribution in [0.5, 0.6) is 0 Å². The fourth-order valence-corrected chi connectivity index (χ4v) is 0.426. The van der Waals surface area contributed by atoms with Crippen LogP contribution in [-0.2, 0) is 0 Å². The Bertz CT molecular complexity index is 54.0. The first-order valence-electron chi connectivity index (χ1n) is 2.69. The van der Waals surface area contributed by atoms with Crippen molar-refractivity contribution in [2.75, 3.05) is 0 Å². The lowest BCUT2D eigenvalue weighted by atomic mass is 10.2. The van der Waals surface area contributed by atoms with E-state index in [1.54, 1.807) is 0 Å². The molecule has 0 aromatic rings. The fourth-order valence-electron chi connectivity index (χ4n) is 0.426. The van der Waals surface area contributed by atoms with E-state index >= 15 is 0 Å². The Balaban J connectivity index is 2.91. The first-order valence-corrected chi connectivity index (χ1v) is 2.69. The van der Waals surface area contributed by atoms with Gasteiger partial charge in [0.1, 0.15) is 0 Å². The summed E-state index contributed by atoms with van der Waals surface area (Å²) in [5.41, 5.74) is 0. The van der Waals surface area contributed by atoms with Crippen molar-refractivity contribution in [3.63, 3.8) is 0 Å². The van der Waals surface area contributed by atoms with Gasteiger partial charge in [-0.15, -0.1) is 0 Å². The average Bonchev–Trinajstić information content (AvgIpc) is 1.63. The second-order valence-electron chi connectivity index (χ2n) is 1.71. The zero-order chi connectivity index (χ0) is 7.28. The third kappa shape index (κ3) is 7.72. The van der Waals surface area contributed by atoms with E-state index in [4.69, 9.17) is 0 Å². The predicted octanol–water partition coefficient (Wildman–Crippen LogP) is 2.69. The van der Waals surface area contributed by atoms with E-state index < -0.39 is 25.7 Å². The SMILES string of the molecule is FC(F)CCCC(F)F. The molecule has 0 unspecified atom stereocenters. The zero-order valence-corrected chi connectivity index (χ0v) is 4.79. The molecule has 0 aromatic heterocycles. The van der Waals surface area contributed by atoms with Crippen molar-refractivity contribution in [3.8, 4) is 0 Å². The minimum atomic E-state index is -2.44. The Kier molecular flexibility index (Phi) is 4.44. The summed E-state index contributed by atoms with van der Waals surface area (Å²) in [6, 6.07) is 0. The number of alkyl halides is 4. The highest BCUT2D eigenvalue weighted by Gasteiger charge is 2.05. The molecule has 0 aromatic carbocycles. The molecule has 0 bridgehead atoms. The molecule has 0 aliphatic heterocycles. The van der Waals surface area contributed by atoms with Gasteiger partial charge in [0.05, 0.1) is 0 Å². The maximum atomic E-state index is 11.2. The number of rotatable bonds is 4. The monoisotopic (exact) mass is 144 g/mol. The highest BCUT2D eigenvalue weighted by molar-refractivity contribution is 4.44. The van der Waals surface area contributed by atoms with Crippen molar-refractivity contribution in [2.24, 2.45) is 0 Å². The van der Waals surface area contributed by atoms with Gasteiger partial charge < -0.3 is 0 Å². The van der Waals surface area contributed by atoms with E-state index in [-0.39, 0.29) is 6.42 Å². The van der Waals surface area contributed by atoms with Gasteiger partial charge in [0, 0.05) is 12.8 Å². The highest BCUT2D eigenvalue weighted by atomic mass is 19.3. The molecular weight excluding hydrogens is 136 g/mol. The van der Waals surface area contributed by atoms with Crippen LogP contribution in [0.15, 0.2) is 0 Å². The molecule has 0 saturated heterocycles. The van der Waals surface area contributed by atoms with Gasteiger partial charge in [-0.3, -0.25) is 0 Å². The van der Waals surface area contributed by atoms with Gasteiger partial charge >= 0.3 is 0 Å². The van der Waals surface area contributed by atoms with Crippen LogP contribution < -0.4 is 0 Å². The van der Waals surface area contributed by atoms with Crippen LogP contribution in [0.1, 0.15) is 19.3 Å². The summed E-state index contributed by atoms with van der Waals surface area (Å²) in [7, 11) is 0. The lowest BCUT2D eigenvalue weighted by Crippen LogP contribution is -1.94. The smallest absolute Gasteiger partial charge is 0.211 e. The third-order valence-electron chi connectivity index (χ3n) is 0.845. The molecule has 0 rings (SSSR count). The second-order valence-corrected chi connectivity index (χ2v) is 1.71. The Morgan fingerprint density at radius 1 is 0.778 bits per heavy atom. The van der Waals surface area contributed by atoms with Crippen molar-refractivity contribution in [2.45, 2.75) is 32.1 Å². The van der Waals surface area contributed by atoms with E-state index in [2.05, 4.69) is 0 Å². The largest absolute Gasteiger partial charge is 0.238 e. The molecule has 0 nitrogen and oxygen atoms in total. The normalized spacial score (nSPS) is 11.3. The Labute approximate surface area is 50.9 Å². The summed E-state index contributed by atoms with van der Waals surface area (Å²) in [6.45, 7) is 0. The summed E-state index contributed by atoms with van der Waals surface area (Å²) >= 11 is 0. The van der Waals surface area contributed by atoms with Gasteiger partial charge in [0.25, 0.3) is 0 Å². The van der Waals surface area contributed by atoms with Crippen LogP contribution in [0.2, 0.25) is 0 Å². The first-order chi connectivity index (χ1) is 4.13. The number of hydrogen-bond donors (Lipinski definition) is 0. The quantitative estimate of drug-likeness (QED) is 0.532. The van der Waals surface area contributed by atoms with Gasteiger partial charge in [-0.1, -0.05) is 0 Å². The highest BCUT2D eigenvalue weighted by Crippen LogP contribution is 2.09. The molecule has 0 fully saturated rings.